The van der Waals surface area contributed by atoms with E-state index in [0.29, 0.717) is 35.5 Å². The average Bonchev–Trinajstić information content (AvgIpc) is 3.66. The van der Waals surface area contributed by atoms with Crippen molar-refractivity contribution in [1.82, 2.24) is 20.9 Å². The Labute approximate surface area is 284 Å². The summed E-state index contributed by atoms with van der Waals surface area (Å²) < 4.78 is 0. The number of halogens is 1. The van der Waals surface area contributed by atoms with Gasteiger partial charge in [-0.3, -0.25) is 4.79 Å². The normalized spacial score (nSPS) is 27.0. The molecule has 1 aromatic carbocycles. The van der Waals surface area contributed by atoms with Crippen molar-refractivity contribution < 1.29 is 4.79 Å². The summed E-state index contributed by atoms with van der Waals surface area (Å²) in [6.45, 7) is 13.2. The molecule has 4 fully saturated rings. The fourth-order valence-electron chi connectivity index (χ4n) is 9.69. The second-order valence-corrected chi connectivity index (χ2v) is 15.9. The third-order valence-corrected chi connectivity index (χ3v) is 12.6. The number of carbonyl (C=O) groups is 1. The van der Waals surface area contributed by atoms with Gasteiger partial charge in [-0.2, -0.15) is 0 Å². The summed E-state index contributed by atoms with van der Waals surface area (Å²) in [5.41, 5.74) is 5.20. The van der Waals surface area contributed by atoms with Crippen molar-refractivity contribution >= 4 is 17.4 Å². The van der Waals surface area contributed by atoms with Crippen LogP contribution in [0, 0.1) is 11.3 Å². The van der Waals surface area contributed by atoms with Gasteiger partial charge >= 0.3 is 0 Å². The maximum absolute atomic E-state index is 12.2. The van der Waals surface area contributed by atoms with Crippen LogP contribution in [0.3, 0.4) is 0 Å². The minimum absolute atomic E-state index is 0.145. The molecule has 46 heavy (non-hydrogen) atoms. The number of hydrogen-bond donors (Lipinski definition) is 3. The molecule has 4 unspecified atom stereocenters. The number of Topliss-reactive ketones (excluding diaryl/α,β-unsaturated/α-hetero) is 1. The molecule has 2 saturated heterocycles. The fourth-order valence-corrected chi connectivity index (χ4v) is 9.81. The Bertz CT molecular complexity index is 1280. The van der Waals surface area contributed by atoms with Gasteiger partial charge in [0, 0.05) is 36.2 Å². The number of fused-ring (bicyclic) bond motifs is 1. The van der Waals surface area contributed by atoms with Crippen LogP contribution in [0.4, 0.5) is 0 Å². The van der Waals surface area contributed by atoms with Crippen LogP contribution < -0.4 is 16.0 Å². The molecule has 6 aliphatic rings. The van der Waals surface area contributed by atoms with Crippen molar-refractivity contribution in [1.29, 1.82) is 0 Å². The van der Waals surface area contributed by atoms with Gasteiger partial charge in [0.2, 0.25) is 0 Å². The molecule has 5 nitrogen and oxygen atoms in total. The van der Waals surface area contributed by atoms with E-state index >= 15 is 0 Å². The zero-order valence-corrected chi connectivity index (χ0v) is 29.6. The molecular weight excluding hydrogens is 588 g/mol. The maximum atomic E-state index is 12.2. The van der Waals surface area contributed by atoms with Gasteiger partial charge in [-0.1, -0.05) is 88.4 Å². The third kappa shape index (κ3) is 7.32. The highest BCUT2D eigenvalue weighted by molar-refractivity contribution is 6.30. The molecule has 2 saturated carbocycles. The molecule has 2 aliphatic heterocycles. The zero-order chi connectivity index (χ0) is 32.3. The van der Waals surface area contributed by atoms with E-state index in [-0.39, 0.29) is 11.8 Å². The van der Waals surface area contributed by atoms with Crippen LogP contribution in [0.15, 0.2) is 60.0 Å². The van der Waals surface area contributed by atoms with Gasteiger partial charge in [0.05, 0.1) is 17.4 Å². The average molecular weight is 647 g/mol. The summed E-state index contributed by atoms with van der Waals surface area (Å²) in [7, 11) is 0. The molecule has 252 valence electrons. The quantitative estimate of drug-likeness (QED) is 0.214. The van der Waals surface area contributed by atoms with Gasteiger partial charge < -0.3 is 20.9 Å². The SMILES string of the molecule is C=C1NCC2(CC2)N1CC(CCC)(CCC)C1CCCCC1.CC(=O)C(Cc1ccc(Cl)cc1)NC1CCC2=C3CC(C=C2)NC31. The van der Waals surface area contributed by atoms with E-state index in [1.54, 1.807) is 12.5 Å². The molecule has 4 atom stereocenters. The zero-order valence-electron chi connectivity index (χ0n) is 28.8. The Hall–Kier alpha value is -2.08. The van der Waals surface area contributed by atoms with Crippen LogP contribution in [0.2, 0.25) is 5.02 Å². The molecule has 0 amide bonds. The fraction of sp³-hybridized carbons (Fsp3) is 0.675. The lowest BCUT2D eigenvalue weighted by molar-refractivity contribution is -0.119. The highest BCUT2D eigenvalue weighted by Crippen LogP contribution is 2.52. The van der Waals surface area contributed by atoms with Gasteiger partial charge in [0.25, 0.3) is 0 Å². The van der Waals surface area contributed by atoms with Crippen LogP contribution in [0.1, 0.15) is 116 Å². The van der Waals surface area contributed by atoms with Crippen molar-refractivity contribution in [3.63, 3.8) is 0 Å². The van der Waals surface area contributed by atoms with Gasteiger partial charge in [-0.25, -0.2) is 0 Å². The molecule has 0 aromatic heterocycles. The van der Waals surface area contributed by atoms with Gasteiger partial charge in [0.15, 0.2) is 0 Å². The van der Waals surface area contributed by atoms with Crippen molar-refractivity contribution in [2.45, 2.75) is 147 Å². The maximum Gasteiger partial charge on any atom is 0.147 e. The Morgan fingerprint density at radius 1 is 1.11 bits per heavy atom. The Morgan fingerprint density at radius 3 is 2.48 bits per heavy atom. The summed E-state index contributed by atoms with van der Waals surface area (Å²) in [6, 6.07) is 8.82. The number of rotatable bonds is 12. The van der Waals surface area contributed by atoms with Crippen LogP contribution in [0.25, 0.3) is 0 Å². The molecule has 3 N–H and O–H groups in total. The first-order chi connectivity index (χ1) is 22.3. The lowest BCUT2D eigenvalue weighted by atomic mass is 9.64. The number of hydrogen-bond acceptors (Lipinski definition) is 5. The molecule has 7 rings (SSSR count). The number of allylic oxidation sites excluding steroid dienone is 2. The summed E-state index contributed by atoms with van der Waals surface area (Å²) >= 11 is 5.96. The monoisotopic (exact) mass is 646 g/mol. The first-order valence-electron chi connectivity index (χ1n) is 18.6. The Morgan fingerprint density at radius 2 is 1.83 bits per heavy atom. The van der Waals surface area contributed by atoms with E-state index in [1.807, 2.05) is 24.3 Å². The standard InChI is InChI=1S/C20H23ClN2O.C20H36N2/c1-12(24)19(10-13-2-6-15(21)7-3-13)23-18-9-5-14-4-8-16-11-17(14)20(18)22-16;1-4-11-19(12-5-2,18-9-7-6-8-10-18)16-22-17(3)21-15-20(22)13-14-20/h2-4,6-8,16,18-20,22-23H,5,9-11H2,1H3;18,21H,3-16H2,1-2H3. The molecular formula is C40H59ClN4O. The van der Waals surface area contributed by atoms with Crippen molar-refractivity contribution in [3.05, 3.63) is 70.5 Å². The van der Waals surface area contributed by atoms with Crippen LogP contribution >= 0.6 is 11.6 Å². The van der Waals surface area contributed by atoms with Crippen LogP contribution in [0.5, 0.6) is 0 Å². The highest BCUT2D eigenvalue weighted by atomic mass is 35.5. The first-order valence-corrected chi connectivity index (χ1v) is 19.0. The van der Waals surface area contributed by atoms with Crippen molar-refractivity contribution in [2.75, 3.05) is 13.1 Å². The molecule has 2 bridgehead atoms. The predicted octanol–water partition coefficient (Wildman–Crippen LogP) is 8.25. The Kier molecular flexibility index (Phi) is 10.7. The van der Waals surface area contributed by atoms with Gasteiger partial charge in [-0.15, -0.1) is 0 Å². The molecule has 1 spiro atoms. The second kappa shape index (κ2) is 14.6. The predicted molar refractivity (Wildman–Crippen MR) is 192 cm³/mol. The summed E-state index contributed by atoms with van der Waals surface area (Å²) in [5, 5.41) is 11.7. The van der Waals surface area contributed by atoms with Crippen LogP contribution in [-0.2, 0) is 11.2 Å². The highest BCUT2D eigenvalue weighted by Gasteiger charge is 2.54. The second-order valence-electron chi connectivity index (χ2n) is 15.5. The van der Waals surface area contributed by atoms with Gasteiger partial charge in [0.1, 0.15) is 5.78 Å². The first kappa shape index (κ1) is 33.8. The number of ketones is 1. The number of carbonyl (C=O) groups excluding carboxylic acids is 1. The smallest absolute Gasteiger partial charge is 0.147 e. The van der Waals surface area contributed by atoms with E-state index < -0.39 is 0 Å². The van der Waals surface area contributed by atoms with Crippen LogP contribution in [-0.4, -0.2) is 53.5 Å². The summed E-state index contributed by atoms with van der Waals surface area (Å²) in [5.74, 6) is 2.36. The van der Waals surface area contributed by atoms with Crippen molar-refractivity contribution in [2.24, 2.45) is 11.3 Å². The van der Waals surface area contributed by atoms with E-state index in [0.717, 1.165) is 42.3 Å². The number of benzene rings is 1. The minimum Gasteiger partial charge on any atom is -0.370 e. The van der Waals surface area contributed by atoms with Crippen molar-refractivity contribution in [3.8, 4) is 0 Å². The molecule has 1 aromatic rings. The van der Waals surface area contributed by atoms with E-state index in [1.165, 1.54) is 88.6 Å². The molecule has 4 aliphatic carbocycles. The molecule has 2 heterocycles. The topological polar surface area (TPSA) is 56.4 Å². The van der Waals surface area contributed by atoms with E-state index in [9.17, 15) is 4.79 Å². The lowest BCUT2D eigenvalue weighted by Crippen LogP contribution is -2.53. The number of nitrogens with one attached hydrogen (secondary N) is 3. The Balaban J connectivity index is 0.000000162. The number of nitrogens with zero attached hydrogens (tertiary/aromatic N) is 1. The summed E-state index contributed by atoms with van der Waals surface area (Å²) in [6.07, 6.45) is 24.2. The van der Waals surface area contributed by atoms with Gasteiger partial charge in [-0.05, 0) is 111 Å². The lowest BCUT2D eigenvalue weighted by Gasteiger charge is -2.47. The largest absolute Gasteiger partial charge is 0.370 e. The molecule has 6 heteroatoms. The van der Waals surface area contributed by atoms with E-state index in [4.69, 9.17) is 11.6 Å². The summed E-state index contributed by atoms with van der Waals surface area (Å²) in [4.78, 5) is 14.9. The van der Waals surface area contributed by atoms with E-state index in [2.05, 4.69) is 53.4 Å². The minimum atomic E-state index is -0.145. The third-order valence-electron chi connectivity index (χ3n) is 12.3. The molecule has 0 radical (unpaired) electrons.